The standard InChI is InChI=1S/C21H21ClN4O2/c1-14-8-7-9-15(2)20(14)28-13-19(27)24-23-12-18-16(3)25-26(21(18)22)17-10-5-4-6-11-17/h4-12H,13H2,1-3H3,(H,24,27)/b23-12-. The molecule has 0 aliphatic heterocycles. The van der Waals surface area contributed by atoms with Gasteiger partial charge in [0.15, 0.2) is 6.61 Å². The van der Waals surface area contributed by atoms with Crippen LogP contribution in [-0.2, 0) is 4.79 Å². The highest BCUT2D eigenvalue weighted by atomic mass is 35.5. The molecule has 0 aliphatic rings. The molecule has 1 heterocycles. The van der Waals surface area contributed by atoms with E-state index in [9.17, 15) is 4.79 Å². The number of ether oxygens (including phenoxy) is 1. The summed E-state index contributed by atoms with van der Waals surface area (Å²) in [5, 5.41) is 8.84. The zero-order valence-electron chi connectivity index (χ0n) is 15.9. The second kappa shape index (κ2) is 8.71. The lowest BCUT2D eigenvalue weighted by Crippen LogP contribution is -2.25. The maximum atomic E-state index is 12.0. The molecule has 3 aromatic rings. The van der Waals surface area contributed by atoms with Crippen LogP contribution in [0.5, 0.6) is 5.75 Å². The summed E-state index contributed by atoms with van der Waals surface area (Å²) >= 11 is 6.43. The Morgan fingerprint density at radius 1 is 1.14 bits per heavy atom. The van der Waals surface area contributed by atoms with Crippen molar-refractivity contribution < 1.29 is 9.53 Å². The van der Waals surface area contributed by atoms with Crippen molar-refractivity contribution in [3.8, 4) is 11.4 Å². The molecule has 0 bridgehead atoms. The number of aromatic nitrogens is 2. The molecular formula is C21H21ClN4O2. The monoisotopic (exact) mass is 396 g/mol. The van der Waals surface area contributed by atoms with Gasteiger partial charge in [0.2, 0.25) is 0 Å². The Bertz CT molecular complexity index is 992. The van der Waals surface area contributed by atoms with E-state index in [2.05, 4.69) is 15.6 Å². The average Bonchev–Trinajstić information content (AvgIpc) is 2.96. The van der Waals surface area contributed by atoms with Crippen LogP contribution in [0.1, 0.15) is 22.4 Å². The summed E-state index contributed by atoms with van der Waals surface area (Å²) < 4.78 is 7.24. The minimum atomic E-state index is -0.358. The van der Waals surface area contributed by atoms with Gasteiger partial charge in [0.1, 0.15) is 10.9 Å². The molecule has 7 heteroatoms. The van der Waals surface area contributed by atoms with Gasteiger partial charge < -0.3 is 4.74 Å². The van der Waals surface area contributed by atoms with E-state index in [1.807, 2.05) is 69.3 Å². The van der Waals surface area contributed by atoms with Gasteiger partial charge in [-0.05, 0) is 44.0 Å². The van der Waals surface area contributed by atoms with Crippen LogP contribution in [0, 0.1) is 20.8 Å². The van der Waals surface area contributed by atoms with E-state index in [1.54, 1.807) is 4.68 Å². The number of carbonyl (C=O) groups is 1. The van der Waals surface area contributed by atoms with Crippen molar-refractivity contribution >= 4 is 23.7 Å². The molecule has 1 N–H and O–H groups in total. The fourth-order valence-electron chi connectivity index (χ4n) is 2.76. The van der Waals surface area contributed by atoms with E-state index in [0.717, 1.165) is 16.8 Å². The zero-order valence-corrected chi connectivity index (χ0v) is 16.7. The first kappa shape index (κ1) is 19.6. The molecule has 0 spiro atoms. The summed E-state index contributed by atoms with van der Waals surface area (Å²) in [7, 11) is 0. The van der Waals surface area contributed by atoms with E-state index >= 15 is 0 Å². The molecule has 3 rings (SSSR count). The van der Waals surface area contributed by atoms with Gasteiger partial charge in [0, 0.05) is 0 Å². The Hall–Kier alpha value is -3.12. The fraction of sp³-hybridized carbons (Fsp3) is 0.190. The third kappa shape index (κ3) is 4.40. The highest BCUT2D eigenvalue weighted by Crippen LogP contribution is 2.23. The molecule has 2 aromatic carbocycles. The van der Waals surface area contributed by atoms with Crippen molar-refractivity contribution in [1.29, 1.82) is 0 Å². The van der Waals surface area contributed by atoms with Gasteiger partial charge in [-0.2, -0.15) is 10.2 Å². The maximum absolute atomic E-state index is 12.0. The van der Waals surface area contributed by atoms with Crippen LogP contribution in [0.3, 0.4) is 0 Å². The van der Waals surface area contributed by atoms with Crippen LogP contribution < -0.4 is 10.2 Å². The smallest absolute Gasteiger partial charge is 0.277 e. The number of hydrazone groups is 1. The summed E-state index contributed by atoms with van der Waals surface area (Å²) in [6, 6.07) is 15.4. The van der Waals surface area contributed by atoms with E-state index in [4.69, 9.17) is 16.3 Å². The Morgan fingerprint density at radius 2 is 1.82 bits per heavy atom. The third-order valence-electron chi connectivity index (χ3n) is 4.19. The number of rotatable bonds is 6. The van der Waals surface area contributed by atoms with Gasteiger partial charge in [-0.15, -0.1) is 0 Å². The average molecular weight is 397 g/mol. The van der Waals surface area contributed by atoms with E-state index < -0.39 is 0 Å². The van der Waals surface area contributed by atoms with Gasteiger partial charge in [-0.3, -0.25) is 4.79 Å². The number of nitrogens with one attached hydrogen (secondary N) is 1. The molecule has 144 valence electrons. The molecule has 0 aliphatic carbocycles. The van der Waals surface area contributed by atoms with Crippen LogP contribution in [0.25, 0.3) is 5.69 Å². The quantitative estimate of drug-likeness (QED) is 0.506. The Balaban J connectivity index is 1.63. The minimum Gasteiger partial charge on any atom is -0.483 e. The number of benzene rings is 2. The molecule has 0 unspecified atom stereocenters. The first-order valence-electron chi connectivity index (χ1n) is 8.79. The summed E-state index contributed by atoms with van der Waals surface area (Å²) in [5.74, 6) is 0.354. The van der Waals surface area contributed by atoms with Crippen molar-refractivity contribution in [2.24, 2.45) is 5.10 Å². The molecule has 0 saturated carbocycles. The number of aryl methyl sites for hydroxylation is 3. The second-order valence-electron chi connectivity index (χ2n) is 6.34. The predicted octanol–water partition coefficient (Wildman–Crippen LogP) is 3.98. The molecule has 0 fully saturated rings. The van der Waals surface area contributed by atoms with Crippen molar-refractivity contribution in [2.75, 3.05) is 6.61 Å². The third-order valence-corrected chi connectivity index (χ3v) is 4.55. The minimum absolute atomic E-state index is 0.126. The summed E-state index contributed by atoms with van der Waals surface area (Å²) in [6.07, 6.45) is 1.49. The van der Waals surface area contributed by atoms with Crippen LogP contribution in [0.15, 0.2) is 53.6 Å². The first-order valence-corrected chi connectivity index (χ1v) is 9.16. The van der Waals surface area contributed by atoms with E-state index in [1.165, 1.54) is 6.21 Å². The van der Waals surface area contributed by atoms with Gasteiger partial charge in [0.05, 0.1) is 23.2 Å². The van der Waals surface area contributed by atoms with Gasteiger partial charge in [0.25, 0.3) is 5.91 Å². The molecule has 0 atom stereocenters. The topological polar surface area (TPSA) is 68.5 Å². The SMILES string of the molecule is Cc1cccc(C)c1OCC(=O)N/N=C\c1c(C)nn(-c2ccccc2)c1Cl. The molecule has 28 heavy (non-hydrogen) atoms. The lowest BCUT2D eigenvalue weighted by Gasteiger charge is -2.10. The van der Waals surface area contributed by atoms with Crippen LogP contribution in [0.4, 0.5) is 0 Å². The first-order chi connectivity index (χ1) is 13.5. The maximum Gasteiger partial charge on any atom is 0.277 e. The zero-order chi connectivity index (χ0) is 20.1. The number of para-hydroxylation sites is 2. The fourth-order valence-corrected chi connectivity index (χ4v) is 3.08. The second-order valence-corrected chi connectivity index (χ2v) is 6.70. The highest BCUT2D eigenvalue weighted by molar-refractivity contribution is 6.32. The number of amides is 1. The Labute approximate surface area is 168 Å². The number of hydrogen-bond acceptors (Lipinski definition) is 4. The van der Waals surface area contributed by atoms with Gasteiger partial charge in [-0.25, -0.2) is 10.1 Å². The number of carbonyl (C=O) groups excluding carboxylic acids is 1. The van der Waals surface area contributed by atoms with Crippen molar-refractivity contribution in [3.05, 3.63) is 76.1 Å². The normalized spacial score (nSPS) is 11.0. The van der Waals surface area contributed by atoms with Crippen LogP contribution >= 0.6 is 11.6 Å². The highest BCUT2D eigenvalue weighted by Gasteiger charge is 2.13. The lowest BCUT2D eigenvalue weighted by atomic mass is 10.1. The van der Waals surface area contributed by atoms with Crippen LogP contribution in [0.2, 0.25) is 5.15 Å². The molecule has 0 radical (unpaired) electrons. The number of hydrogen-bond donors (Lipinski definition) is 1. The molecule has 6 nitrogen and oxygen atoms in total. The number of halogens is 1. The van der Waals surface area contributed by atoms with Crippen molar-refractivity contribution in [1.82, 2.24) is 15.2 Å². The van der Waals surface area contributed by atoms with Gasteiger partial charge >= 0.3 is 0 Å². The molecular weight excluding hydrogens is 376 g/mol. The molecule has 1 amide bonds. The Kier molecular flexibility index (Phi) is 6.11. The summed E-state index contributed by atoms with van der Waals surface area (Å²) in [4.78, 5) is 12.0. The number of nitrogens with zero attached hydrogens (tertiary/aromatic N) is 3. The largest absolute Gasteiger partial charge is 0.483 e. The van der Waals surface area contributed by atoms with Crippen molar-refractivity contribution in [3.63, 3.8) is 0 Å². The van der Waals surface area contributed by atoms with E-state index in [0.29, 0.717) is 22.2 Å². The van der Waals surface area contributed by atoms with Crippen molar-refractivity contribution in [2.45, 2.75) is 20.8 Å². The predicted molar refractivity (Wildman–Crippen MR) is 110 cm³/mol. The molecule has 0 saturated heterocycles. The van der Waals surface area contributed by atoms with Crippen LogP contribution in [-0.4, -0.2) is 28.5 Å². The van der Waals surface area contributed by atoms with E-state index in [-0.39, 0.29) is 12.5 Å². The summed E-state index contributed by atoms with van der Waals surface area (Å²) in [6.45, 7) is 5.58. The van der Waals surface area contributed by atoms with Gasteiger partial charge in [-0.1, -0.05) is 48.0 Å². The Morgan fingerprint density at radius 3 is 2.50 bits per heavy atom. The lowest BCUT2D eigenvalue weighted by molar-refractivity contribution is -0.123. The summed E-state index contributed by atoms with van der Waals surface area (Å²) in [5.41, 5.74) is 6.61. The molecule has 1 aromatic heterocycles.